The van der Waals surface area contributed by atoms with E-state index in [1.54, 1.807) is 0 Å². The van der Waals surface area contributed by atoms with Gasteiger partial charge in [0, 0.05) is 26.3 Å². The van der Waals surface area contributed by atoms with Gasteiger partial charge < -0.3 is 19.5 Å². The minimum absolute atomic E-state index is 0.0459. The van der Waals surface area contributed by atoms with Crippen LogP contribution in [0.2, 0.25) is 0 Å². The number of hydrogen-bond acceptors (Lipinski definition) is 5. The minimum atomic E-state index is -0.501. The molecule has 6 rings (SSSR count). The summed E-state index contributed by atoms with van der Waals surface area (Å²) in [5, 5.41) is 3.90. The maximum absolute atomic E-state index is 12.8. The molecule has 5 aliphatic rings. The topological polar surface area (TPSA) is 56.8 Å². The van der Waals surface area contributed by atoms with Gasteiger partial charge in [-0.05, 0) is 179 Å². The molecule has 4 fully saturated rings. The number of benzene rings is 1. The molecule has 0 aliphatic heterocycles. The van der Waals surface area contributed by atoms with E-state index in [1.165, 1.54) is 68.1 Å². The maximum atomic E-state index is 12.8. The predicted octanol–water partition coefficient (Wildman–Crippen LogP) is 11.3. The molecule has 5 nitrogen and oxygen atoms in total. The van der Waals surface area contributed by atoms with E-state index in [0.717, 1.165) is 25.4 Å². The lowest BCUT2D eigenvalue weighted by Crippen LogP contribution is -2.66. The molecule has 5 heteroatoms. The van der Waals surface area contributed by atoms with Crippen LogP contribution in [0.3, 0.4) is 0 Å². The summed E-state index contributed by atoms with van der Waals surface area (Å²) in [7, 11) is 0. The largest absolute Gasteiger partial charge is 0.456 e. The monoisotopic (exact) mass is 716 g/mol. The van der Waals surface area contributed by atoms with Crippen LogP contribution in [0.15, 0.2) is 42.5 Å². The summed E-state index contributed by atoms with van der Waals surface area (Å²) in [6.45, 7) is 33.2. The van der Waals surface area contributed by atoms with Crippen molar-refractivity contribution in [1.82, 2.24) is 5.32 Å². The van der Waals surface area contributed by atoms with Gasteiger partial charge in [-0.15, -0.1) is 0 Å². The van der Waals surface area contributed by atoms with E-state index in [-0.39, 0.29) is 23.1 Å². The van der Waals surface area contributed by atoms with Crippen LogP contribution in [0.1, 0.15) is 150 Å². The smallest absolute Gasteiger partial charge is 0.338 e. The van der Waals surface area contributed by atoms with Crippen LogP contribution in [0, 0.1) is 56.7 Å². The predicted molar refractivity (Wildman–Crippen MR) is 214 cm³/mol. The molecule has 0 heterocycles. The summed E-state index contributed by atoms with van der Waals surface area (Å²) in [6.07, 6.45) is 14.1. The third-order valence-electron chi connectivity index (χ3n) is 16.1. The highest BCUT2D eigenvalue weighted by Crippen LogP contribution is 2.77. The number of rotatable bonds is 11. The van der Waals surface area contributed by atoms with Gasteiger partial charge in [-0.2, -0.15) is 0 Å². The molecule has 9 atom stereocenters. The minimum Gasteiger partial charge on any atom is -0.456 e. The Morgan fingerprint density at radius 2 is 1.56 bits per heavy atom. The van der Waals surface area contributed by atoms with Crippen molar-refractivity contribution in [2.24, 2.45) is 56.7 Å². The highest BCUT2D eigenvalue weighted by molar-refractivity contribution is 5.90. The number of carbonyl (C=O) groups is 1. The van der Waals surface area contributed by atoms with Crippen molar-refractivity contribution in [3.05, 3.63) is 53.6 Å². The fourth-order valence-electron chi connectivity index (χ4n) is 13.8. The zero-order valence-electron chi connectivity index (χ0n) is 34.9. The van der Waals surface area contributed by atoms with Crippen molar-refractivity contribution in [3.8, 4) is 0 Å². The Bertz CT molecular complexity index is 1500. The van der Waals surface area contributed by atoms with Crippen LogP contribution >= 0.6 is 0 Å². The van der Waals surface area contributed by atoms with E-state index in [0.29, 0.717) is 58.7 Å². The molecule has 0 spiro atoms. The first-order chi connectivity index (χ1) is 24.4. The number of esters is 1. The van der Waals surface area contributed by atoms with E-state index >= 15 is 0 Å². The van der Waals surface area contributed by atoms with Gasteiger partial charge in [0.05, 0.1) is 5.56 Å². The van der Waals surface area contributed by atoms with Gasteiger partial charge in [-0.1, -0.05) is 65.0 Å². The molecule has 0 radical (unpaired) electrons. The van der Waals surface area contributed by atoms with E-state index < -0.39 is 5.60 Å². The molecule has 1 aromatic carbocycles. The molecule has 52 heavy (non-hydrogen) atoms. The third-order valence-corrected chi connectivity index (χ3v) is 16.1. The quantitative estimate of drug-likeness (QED) is 0.140. The number of hydrogen-bond donors (Lipinski definition) is 1. The summed E-state index contributed by atoms with van der Waals surface area (Å²) in [4.78, 5) is 12.8. The molecule has 0 saturated heterocycles. The zero-order valence-corrected chi connectivity index (χ0v) is 34.9. The Balaban J connectivity index is 1.26. The second-order valence-electron chi connectivity index (χ2n) is 20.1. The first-order valence-corrected chi connectivity index (χ1v) is 21.0. The highest BCUT2D eigenvalue weighted by atomic mass is 16.7. The van der Waals surface area contributed by atoms with Gasteiger partial charge in [0.1, 0.15) is 5.60 Å². The van der Waals surface area contributed by atoms with Gasteiger partial charge in [0.15, 0.2) is 6.29 Å². The SMILES string of the molecule is C=C(C)[C@@H]1CC[C@]2(CNCC(OCC)OCC)CC[C@]3(C)[C@H](CC[C@@H]4[C@@]5(C)CC=C(c6ccc(C(=O)OC(C)(C)C)cc6)C(C)(C)[C@@H]5CC[C@]43C)[C@@H]12. The lowest BCUT2D eigenvalue weighted by molar-refractivity contribution is -0.225. The van der Waals surface area contributed by atoms with Crippen molar-refractivity contribution >= 4 is 11.5 Å². The third kappa shape index (κ3) is 6.59. The molecule has 0 aromatic heterocycles. The van der Waals surface area contributed by atoms with Gasteiger partial charge in [0.2, 0.25) is 0 Å². The molecule has 290 valence electrons. The van der Waals surface area contributed by atoms with Crippen molar-refractivity contribution in [1.29, 1.82) is 0 Å². The Labute approximate surface area is 317 Å². The van der Waals surface area contributed by atoms with E-state index in [1.807, 2.05) is 32.9 Å². The molecule has 0 amide bonds. The summed E-state index contributed by atoms with van der Waals surface area (Å²) < 4.78 is 17.5. The zero-order chi connectivity index (χ0) is 37.9. The molecule has 0 unspecified atom stereocenters. The second kappa shape index (κ2) is 14.3. The van der Waals surface area contributed by atoms with Gasteiger partial charge >= 0.3 is 5.97 Å². The number of fused-ring (bicyclic) bond motifs is 7. The molecule has 0 bridgehead atoms. The standard InChI is InChI=1S/C47H73NO4/c1-13-50-39(51-14-2)29-48-30-47-26-21-34(31(3)4)40(47)36-19-20-38-44(10)24-22-35(32-15-17-33(18-16-32)41(49)52-42(5,6)7)43(8,9)37(44)23-25-46(38,12)45(36,11)27-28-47/h15-18,22,34,36-40,48H,3,13-14,19-21,23-30H2,1-2,4-12H3/t34-,36+,37-,38+,40+,44-,45+,46+,47+/m0/s1. The van der Waals surface area contributed by atoms with E-state index in [9.17, 15) is 4.79 Å². The second-order valence-corrected chi connectivity index (χ2v) is 20.1. The van der Waals surface area contributed by atoms with E-state index in [4.69, 9.17) is 14.2 Å². The highest BCUT2D eigenvalue weighted by Gasteiger charge is 2.70. The first-order valence-electron chi connectivity index (χ1n) is 21.0. The summed E-state index contributed by atoms with van der Waals surface area (Å²) in [5.41, 5.74) is 5.50. The van der Waals surface area contributed by atoms with Crippen LogP contribution < -0.4 is 5.32 Å². The normalized spacial score (nSPS) is 38.1. The van der Waals surface area contributed by atoms with Gasteiger partial charge in [-0.25, -0.2) is 4.79 Å². The van der Waals surface area contributed by atoms with Crippen LogP contribution in [0.5, 0.6) is 0 Å². The van der Waals surface area contributed by atoms with Crippen LogP contribution in [0.25, 0.3) is 5.57 Å². The maximum Gasteiger partial charge on any atom is 0.338 e. The fourth-order valence-corrected chi connectivity index (χ4v) is 13.8. The molecule has 4 saturated carbocycles. The van der Waals surface area contributed by atoms with E-state index in [2.05, 4.69) is 85.5 Å². The Kier molecular flexibility index (Phi) is 10.9. The lowest BCUT2D eigenvalue weighted by Gasteiger charge is -2.72. The summed E-state index contributed by atoms with van der Waals surface area (Å²) in [6, 6.07) is 8.24. The van der Waals surface area contributed by atoms with Crippen LogP contribution in [-0.4, -0.2) is 44.2 Å². The van der Waals surface area contributed by atoms with Gasteiger partial charge in [0.25, 0.3) is 0 Å². The molecule has 1 N–H and O–H groups in total. The average Bonchev–Trinajstić information content (AvgIpc) is 3.44. The number of allylic oxidation sites excluding steroid dienone is 3. The fraction of sp³-hybridized carbons (Fsp3) is 0.766. The van der Waals surface area contributed by atoms with Crippen molar-refractivity contribution in [3.63, 3.8) is 0 Å². The Morgan fingerprint density at radius 3 is 2.17 bits per heavy atom. The summed E-state index contributed by atoms with van der Waals surface area (Å²) >= 11 is 0. The Morgan fingerprint density at radius 1 is 0.885 bits per heavy atom. The lowest BCUT2D eigenvalue weighted by atomic mass is 9.32. The molecule has 1 aromatic rings. The molecule has 5 aliphatic carbocycles. The van der Waals surface area contributed by atoms with Crippen LogP contribution in [0.4, 0.5) is 0 Å². The molecular formula is C47H73NO4. The van der Waals surface area contributed by atoms with Crippen molar-refractivity contribution < 1.29 is 19.0 Å². The summed E-state index contributed by atoms with van der Waals surface area (Å²) in [5.74, 6) is 3.12. The van der Waals surface area contributed by atoms with Crippen molar-refractivity contribution in [2.75, 3.05) is 26.3 Å². The number of carbonyl (C=O) groups excluding carboxylic acids is 1. The van der Waals surface area contributed by atoms with Gasteiger partial charge in [-0.3, -0.25) is 0 Å². The first kappa shape index (κ1) is 39.7. The average molecular weight is 716 g/mol. The Hall–Kier alpha value is -1.95. The van der Waals surface area contributed by atoms with Crippen molar-refractivity contribution in [2.45, 2.75) is 146 Å². The van der Waals surface area contributed by atoms with Crippen LogP contribution in [-0.2, 0) is 14.2 Å². The molecular weight excluding hydrogens is 643 g/mol. The number of nitrogens with one attached hydrogen (secondary N) is 1. The number of ether oxygens (including phenoxy) is 3.